The zero-order valence-electron chi connectivity index (χ0n) is 15.1. The lowest BCUT2D eigenvalue weighted by Gasteiger charge is -2.03. The molecule has 0 radical (unpaired) electrons. The highest BCUT2D eigenvalue weighted by Crippen LogP contribution is 2.14. The lowest BCUT2D eigenvalue weighted by molar-refractivity contribution is -0.132. The Bertz CT molecular complexity index is 475. The largest absolute Gasteiger partial charge is 0.478 e. The number of hydrogen-bond donors (Lipinski definition) is 2. The summed E-state index contributed by atoms with van der Waals surface area (Å²) in [5.74, 6) is -0.807. The Labute approximate surface area is 141 Å². The molecule has 0 rings (SSSR count). The summed E-state index contributed by atoms with van der Waals surface area (Å²) in [4.78, 5) is 11.2. The van der Waals surface area contributed by atoms with E-state index in [0.717, 1.165) is 32.1 Å². The predicted molar refractivity (Wildman–Crippen MR) is 97.5 cm³/mol. The molecule has 0 heterocycles. The van der Waals surface area contributed by atoms with Crippen molar-refractivity contribution in [2.45, 2.75) is 66.2 Å². The van der Waals surface area contributed by atoms with Gasteiger partial charge in [0.25, 0.3) is 0 Å². The van der Waals surface area contributed by atoms with Crippen LogP contribution in [0.4, 0.5) is 0 Å². The molecule has 0 saturated heterocycles. The molecule has 0 unspecified atom stereocenters. The number of aliphatic hydroxyl groups is 1. The summed E-state index contributed by atoms with van der Waals surface area (Å²) < 4.78 is 0. The molecule has 0 aromatic rings. The molecule has 0 aromatic carbocycles. The van der Waals surface area contributed by atoms with Crippen LogP contribution >= 0.6 is 0 Å². The third-order valence-corrected chi connectivity index (χ3v) is 3.64. The molecule has 0 fully saturated rings. The normalized spacial score (nSPS) is 13.2. The van der Waals surface area contributed by atoms with E-state index in [-0.39, 0.29) is 6.61 Å². The van der Waals surface area contributed by atoms with Gasteiger partial charge in [0.1, 0.15) is 0 Å². The minimum atomic E-state index is -0.807. The van der Waals surface area contributed by atoms with Gasteiger partial charge in [-0.25, -0.2) is 4.79 Å². The number of carboxylic acid groups (broad SMARTS) is 1. The van der Waals surface area contributed by atoms with E-state index in [1.165, 1.54) is 16.7 Å². The first-order chi connectivity index (χ1) is 10.9. The topological polar surface area (TPSA) is 57.5 Å². The van der Waals surface area contributed by atoms with E-state index in [1.807, 2.05) is 32.9 Å². The van der Waals surface area contributed by atoms with Gasteiger partial charge in [0.15, 0.2) is 0 Å². The van der Waals surface area contributed by atoms with Crippen LogP contribution in [0.25, 0.3) is 0 Å². The molecule has 0 atom stereocenters. The summed E-state index contributed by atoms with van der Waals surface area (Å²) >= 11 is 0. The number of aliphatic carboxylic acids is 1. The quantitative estimate of drug-likeness (QED) is 0.407. The predicted octanol–water partition coefficient (Wildman–Crippen LogP) is 5.19. The van der Waals surface area contributed by atoms with E-state index < -0.39 is 5.97 Å². The lowest BCUT2D eigenvalue weighted by Crippen LogP contribution is -2.00. The summed E-state index contributed by atoms with van der Waals surface area (Å²) in [6.45, 7) is 8.26. The summed E-state index contributed by atoms with van der Waals surface area (Å²) in [5.41, 5.74) is 4.21. The van der Waals surface area contributed by atoms with E-state index in [1.54, 1.807) is 0 Å². The molecule has 0 aliphatic heterocycles. The van der Waals surface area contributed by atoms with Crippen molar-refractivity contribution in [3.05, 3.63) is 46.6 Å². The molecule has 0 saturated carbocycles. The van der Waals surface area contributed by atoms with Gasteiger partial charge in [-0.15, -0.1) is 0 Å². The smallest absolute Gasteiger partial charge is 0.331 e. The fourth-order valence-electron chi connectivity index (χ4n) is 2.19. The molecule has 0 aliphatic rings. The average molecular weight is 320 g/mol. The second-order valence-corrected chi connectivity index (χ2v) is 6.22. The Balaban J connectivity index is 4.31. The third-order valence-electron chi connectivity index (χ3n) is 3.64. The molecule has 23 heavy (non-hydrogen) atoms. The number of carbonyl (C=O) groups is 1. The minimum Gasteiger partial charge on any atom is -0.478 e. The van der Waals surface area contributed by atoms with Crippen molar-refractivity contribution in [1.82, 2.24) is 0 Å². The van der Waals surface area contributed by atoms with Gasteiger partial charge in [-0.05, 0) is 66.2 Å². The summed E-state index contributed by atoms with van der Waals surface area (Å²) in [7, 11) is 0. The summed E-state index contributed by atoms with van der Waals surface area (Å²) in [6, 6.07) is 0. The number of hydrogen-bond acceptors (Lipinski definition) is 2. The van der Waals surface area contributed by atoms with E-state index in [2.05, 4.69) is 19.1 Å². The fraction of sp³-hybridized carbons (Fsp3) is 0.550. The van der Waals surface area contributed by atoms with Gasteiger partial charge in [-0.3, -0.25) is 0 Å². The van der Waals surface area contributed by atoms with Gasteiger partial charge in [0, 0.05) is 5.57 Å². The van der Waals surface area contributed by atoms with Crippen LogP contribution in [0, 0.1) is 0 Å². The van der Waals surface area contributed by atoms with Crippen molar-refractivity contribution < 1.29 is 15.0 Å². The molecule has 0 bridgehead atoms. The molecule has 0 aromatic heterocycles. The van der Waals surface area contributed by atoms with Crippen LogP contribution in [-0.2, 0) is 4.79 Å². The van der Waals surface area contributed by atoms with Gasteiger partial charge in [0.05, 0.1) is 6.61 Å². The first-order valence-corrected chi connectivity index (χ1v) is 8.34. The van der Waals surface area contributed by atoms with Gasteiger partial charge >= 0.3 is 5.97 Å². The zero-order valence-corrected chi connectivity index (χ0v) is 15.1. The van der Waals surface area contributed by atoms with E-state index in [4.69, 9.17) is 5.11 Å². The number of rotatable bonds is 11. The SMILES string of the molecule is CC(C)=CCCC(=CCCC(C)=CCCC(C)=CCO)C(=O)O. The van der Waals surface area contributed by atoms with Crippen LogP contribution in [0.2, 0.25) is 0 Å². The maximum Gasteiger partial charge on any atom is 0.331 e. The van der Waals surface area contributed by atoms with Crippen molar-refractivity contribution in [3.8, 4) is 0 Å². The van der Waals surface area contributed by atoms with Crippen molar-refractivity contribution in [2.24, 2.45) is 0 Å². The number of carboxylic acids is 1. The zero-order chi connectivity index (χ0) is 17.7. The van der Waals surface area contributed by atoms with Gasteiger partial charge in [-0.1, -0.05) is 41.0 Å². The van der Waals surface area contributed by atoms with Crippen molar-refractivity contribution >= 4 is 5.97 Å². The Hall–Kier alpha value is -1.61. The Morgan fingerprint density at radius 1 is 0.783 bits per heavy atom. The summed E-state index contributed by atoms with van der Waals surface area (Å²) in [6.07, 6.45) is 12.9. The number of aliphatic hydroxyl groups excluding tert-OH is 1. The molecule has 0 spiro atoms. The standard InChI is InChI=1S/C20H32O3/c1-16(2)8-5-12-19(20(22)23)13-7-11-17(3)9-6-10-18(4)14-15-21/h8-9,13-14,21H,5-7,10-12,15H2,1-4H3,(H,22,23). The van der Waals surface area contributed by atoms with E-state index in [0.29, 0.717) is 12.0 Å². The first kappa shape index (κ1) is 21.4. The minimum absolute atomic E-state index is 0.101. The van der Waals surface area contributed by atoms with Gasteiger partial charge in [-0.2, -0.15) is 0 Å². The Kier molecular flexibility index (Phi) is 12.0. The monoisotopic (exact) mass is 320 g/mol. The van der Waals surface area contributed by atoms with Gasteiger partial charge in [0.2, 0.25) is 0 Å². The molecule has 130 valence electrons. The van der Waals surface area contributed by atoms with Crippen LogP contribution in [0.15, 0.2) is 46.6 Å². The Morgan fingerprint density at radius 3 is 1.83 bits per heavy atom. The van der Waals surface area contributed by atoms with E-state index in [9.17, 15) is 9.90 Å². The van der Waals surface area contributed by atoms with E-state index >= 15 is 0 Å². The van der Waals surface area contributed by atoms with Crippen molar-refractivity contribution in [2.75, 3.05) is 6.61 Å². The van der Waals surface area contributed by atoms with Crippen molar-refractivity contribution in [3.63, 3.8) is 0 Å². The molecule has 0 amide bonds. The maximum absolute atomic E-state index is 11.2. The Morgan fingerprint density at radius 2 is 1.30 bits per heavy atom. The molecule has 0 aliphatic carbocycles. The fourth-order valence-corrected chi connectivity index (χ4v) is 2.19. The van der Waals surface area contributed by atoms with Crippen LogP contribution in [0.3, 0.4) is 0 Å². The highest BCUT2D eigenvalue weighted by Gasteiger charge is 2.05. The van der Waals surface area contributed by atoms with Crippen LogP contribution < -0.4 is 0 Å². The molecule has 3 nitrogen and oxygen atoms in total. The second kappa shape index (κ2) is 12.9. The molecular formula is C20H32O3. The van der Waals surface area contributed by atoms with Crippen LogP contribution in [0.1, 0.15) is 66.2 Å². The lowest BCUT2D eigenvalue weighted by atomic mass is 10.0. The first-order valence-electron chi connectivity index (χ1n) is 8.34. The number of allylic oxidation sites excluding steroid dienone is 6. The molecule has 2 N–H and O–H groups in total. The highest BCUT2D eigenvalue weighted by atomic mass is 16.4. The highest BCUT2D eigenvalue weighted by molar-refractivity contribution is 5.86. The van der Waals surface area contributed by atoms with Crippen molar-refractivity contribution in [1.29, 1.82) is 0 Å². The third kappa shape index (κ3) is 12.6. The maximum atomic E-state index is 11.2. The van der Waals surface area contributed by atoms with Crippen LogP contribution in [0.5, 0.6) is 0 Å². The molecular weight excluding hydrogens is 288 g/mol. The summed E-state index contributed by atoms with van der Waals surface area (Å²) in [5, 5.41) is 18.0. The molecule has 3 heteroatoms. The van der Waals surface area contributed by atoms with Gasteiger partial charge < -0.3 is 10.2 Å². The second-order valence-electron chi connectivity index (χ2n) is 6.22. The average Bonchev–Trinajstić information content (AvgIpc) is 2.45. The van der Waals surface area contributed by atoms with Crippen LogP contribution in [-0.4, -0.2) is 22.8 Å².